The van der Waals surface area contributed by atoms with Gasteiger partial charge in [-0.1, -0.05) is 19.9 Å². The first-order valence-electron chi connectivity index (χ1n) is 7.82. The summed E-state index contributed by atoms with van der Waals surface area (Å²) in [5, 5.41) is 0. The predicted octanol–water partition coefficient (Wildman–Crippen LogP) is 4.37. The molecule has 1 unspecified atom stereocenters. The van der Waals surface area contributed by atoms with Crippen LogP contribution >= 0.6 is 0 Å². The molecule has 112 valence electrons. The molecule has 2 N–H and O–H groups in total. The van der Waals surface area contributed by atoms with Crippen LogP contribution < -0.4 is 5.73 Å². The summed E-state index contributed by atoms with van der Waals surface area (Å²) in [6.45, 7) is 11.2. The Morgan fingerprint density at radius 3 is 2.29 bits per heavy atom. The number of nitrogens with two attached hydrogens (primary N) is 1. The van der Waals surface area contributed by atoms with Gasteiger partial charge in [-0.25, -0.2) is 0 Å². The van der Waals surface area contributed by atoms with E-state index in [0.29, 0.717) is 0 Å². The van der Waals surface area contributed by atoms with Crippen LogP contribution in [0.2, 0.25) is 0 Å². The van der Waals surface area contributed by atoms with Gasteiger partial charge in [0.15, 0.2) is 0 Å². The number of hydrogen-bond acceptors (Lipinski definition) is 1. The molecule has 1 heterocycles. The Morgan fingerprint density at radius 1 is 1.05 bits per heavy atom. The summed E-state index contributed by atoms with van der Waals surface area (Å²) in [6, 6.07) is 9.22. The summed E-state index contributed by atoms with van der Waals surface area (Å²) in [5.41, 5.74) is 14.6. The van der Waals surface area contributed by atoms with Gasteiger partial charge in [0.25, 0.3) is 0 Å². The molecule has 1 aliphatic carbocycles. The van der Waals surface area contributed by atoms with Crippen LogP contribution in [-0.4, -0.2) is 4.57 Å². The Labute approximate surface area is 128 Å². The van der Waals surface area contributed by atoms with E-state index in [2.05, 4.69) is 63.5 Å². The number of aromatic nitrogens is 1. The van der Waals surface area contributed by atoms with Crippen LogP contribution in [0, 0.1) is 26.2 Å². The van der Waals surface area contributed by atoms with Gasteiger partial charge in [0.2, 0.25) is 0 Å². The molecule has 0 fully saturated rings. The van der Waals surface area contributed by atoms with Crippen molar-refractivity contribution in [1.29, 1.82) is 0 Å². The van der Waals surface area contributed by atoms with Crippen molar-refractivity contribution in [3.63, 3.8) is 0 Å². The minimum absolute atomic E-state index is 0.162. The van der Waals surface area contributed by atoms with Gasteiger partial charge in [-0.2, -0.15) is 0 Å². The summed E-state index contributed by atoms with van der Waals surface area (Å²) in [6.07, 6.45) is 2.16. The smallest absolute Gasteiger partial charge is 0.0460 e. The summed E-state index contributed by atoms with van der Waals surface area (Å²) in [4.78, 5) is 0. The lowest BCUT2D eigenvalue weighted by Gasteiger charge is -2.34. The molecule has 3 rings (SSSR count). The number of fused-ring (bicyclic) bond motifs is 1. The van der Waals surface area contributed by atoms with Crippen LogP contribution in [-0.2, 0) is 6.42 Å². The van der Waals surface area contributed by atoms with Crippen molar-refractivity contribution in [1.82, 2.24) is 4.57 Å². The minimum atomic E-state index is 0.162. The fourth-order valence-corrected chi connectivity index (χ4v) is 3.89. The van der Waals surface area contributed by atoms with Crippen molar-refractivity contribution >= 4 is 0 Å². The van der Waals surface area contributed by atoms with E-state index in [9.17, 15) is 0 Å². The highest BCUT2D eigenvalue weighted by atomic mass is 15.0. The van der Waals surface area contributed by atoms with Crippen LogP contribution in [0.3, 0.4) is 0 Å². The van der Waals surface area contributed by atoms with Gasteiger partial charge in [-0.3, -0.25) is 0 Å². The van der Waals surface area contributed by atoms with Gasteiger partial charge in [0, 0.05) is 23.1 Å². The molecular weight excluding hydrogens is 256 g/mol. The maximum Gasteiger partial charge on any atom is 0.0460 e. The van der Waals surface area contributed by atoms with Gasteiger partial charge >= 0.3 is 0 Å². The molecule has 1 atom stereocenters. The average Bonchev–Trinajstić information content (AvgIpc) is 2.63. The Kier molecular flexibility index (Phi) is 3.25. The van der Waals surface area contributed by atoms with Gasteiger partial charge < -0.3 is 10.3 Å². The molecule has 0 saturated carbocycles. The highest BCUT2D eigenvalue weighted by molar-refractivity contribution is 5.47. The highest BCUT2D eigenvalue weighted by Crippen LogP contribution is 2.41. The highest BCUT2D eigenvalue weighted by Gasteiger charge is 2.33. The molecule has 0 amide bonds. The van der Waals surface area contributed by atoms with Crippen molar-refractivity contribution in [2.75, 3.05) is 0 Å². The molecule has 1 aromatic heterocycles. The Morgan fingerprint density at radius 2 is 1.67 bits per heavy atom. The molecule has 1 aliphatic rings. The van der Waals surface area contributed by atoms with Crippen molar-refractivity contribution in [2.45, 2.75) is 53.5 Å². The number of benzene rings is 1. The van der Waals surface area contributed by atoms with Gasteiger partial charge in [0.05, 0.1) is 0 Å². The lowest BCUT2D eigenvalue weighted by molar-refractivity contribution is 0.278. The molecule has 2 heteroatoms. The van der Waals surface area contributed by atoms with Gasteiger partial charge in [-0.05, 0) is 73.9 Å². The Balaban J connectivity index is 2.21. The topological polar surface area (TPSA) is 30.9 Å². The molecule has 0 saturated heterocycles. The van der Waals surface area contributed by atoms with Crippen LogP contribution in [0.5, 0.6) is 0 Å². The summed E-state index contributed by atoms with van der Waals surface area (Å²) >= 11 is 0. The molecule has 21 heavy (non-hydrogen) atoms. The SMILES string of the molecule is Cc1cc(C)cc(-n2c(C)cc3c2CC(C)(C)CC3N)c1. The second kappa shape index (κ2) is 4.74. The quantitative estimate of drug-likeness (QED) is 0.827. The first kappa shape index (κ1) is 14.4. The monoisotopic (exact) mass is 282 g/mol. The van der Waals surface area contributed by atoms with Crippen molar-refractivity contribution < 1.29 is 0 Å². The van der Waals surface area contributed by atoms with Crippen LogP contribution in [0.25, 0.3) is 5.69 Å². The van der Waals surface area contributed by atoms with E-state index in [1.54, 1.807) is 0 Å². The normalized spacial score (nSPS) is 20.4. The Hall–Kier alpha value is -1.54. The van der Waals surface area contributed by atoms with E-state index >= 15 is 0 Å². The zero-order valence-corrected chi connectivity index (χ0v) is 13.8. The third kappa shape index (κ3) is 2.53. The summed E-state index contributed by atoms with van der Waals surface area (Å²) in [7, 11) is 0. The predicted molar refractivity (Wildman–Crippen MR) is 89.0 cm³/mol. The maximum absolute atomic E-state index is 6.43. The van der Waals surface area contributed by atoms with Crippen molar-refractivity contribution in [3.05, 3.63) is 52.3 Å². The maximum atomic E-state index is 6.43. The van der Waals surface area contributed by atoms with Crippen LogP contribution in [0.4, 0.5) is 0 Å². The first-order chi connectivity index (χ1) is 9.77. The number of hydrogen-bond donors (Lipinski definition) is 1. The largest absolute Gasteiger partial charge is 0.324 e. The molecule has 0 bridgehead atoms. The second-order valence-corrected chi connectivity index (χ2v) is 7.52. The lowest BCUT2D eigenvalue weighted by Crippen LogP contribution is -2.30. The van der Waals surface area contributed by atoms with E-state index in [1.165, 1.54) is 33.8 Å². The zero-order valence-electron chi connectivity index (χ0n) is 13.8. The number of aryl methyl sites for hydroxylation is 3. The summed E-state index contributed by atoms with van der Waals surface area (Å²) < 4.78 is 2.41. The van der Waals surface area contributed by atoms with E-state index in [0.717, 1.165) is 12.8 Å². The molecule has 0 spiro atoms. The number of nitrogens with zero attached hydrogens (tertiary/aromatic N) is 1. The number of rotatable bonds is 1. The fraction of sp³-hybridized carbons (Fsp3) is 0.474. The Bertz CT molecular complexity index is 672. The standard InChI is InChI=1S/C19H26N2/c1-12-6-13(2)8-15(7-12)21-14(3)9-16-17(20)10-19(4,5)11-18(16)21/h6-9,17H,10-11,20H2,1-5H3. The van der Waals surface area contributed by atoms with E-state index in [4.69, 9.17) is 5.73 Å². The third-order valence-corrected chi connectivity index (χ3v) is 4.60. The minimum Gasteiger partial charge on any atom is -0.324 e. The first-order valence-corrected chi connectivity index (χ1v) is 7.82. The molecule has 1 aromatic carbocycles. The lowest BCUT2D eigenvalue weighted by atomic mass is 9.74. The second-order valence-electron chi connectivity index (χ2n) is 7.52. The van der Waals surface area contributed by atoms with Gasteiger partial charge in [0.1, 0.15) is 0 Å². The van der Waals surface area contributed by atoms with Crippen molar-refractivity contribution in [2.24, 2.45) is 11.1 Å². The fourth-order valence-electron chi connectivity index (χ4n) is 3.89. The van der Waals surface area contributed by atoms with Crippen LogP contribution in [0.15, 0.2) is 24.3 Å². The van der Waals surface area contributed by atoms with Gasteiger partial charge in [-0.15, -0.1) is 0 Å². The average molecular weight is 282 g/mol. The molecule has 2 nitrogen and oxygen atoms in total. The zero-order chi connectivity index (χ0) is 15.4. The van der Waals surface area contributed by atoms with Crippen molar-refractivity contribution in [3.8, 4) is 5.69 Å². The third-order valence-electron chi connectivity index (χ3n) is 4.60. The van der Waals surface area contributed by atoms with E-state index in [-0.39, 0.29) is 11.5 Å². The molecule has 0 radical (unpaired) electrons. The van der Waals surface area contributed by atoms with E-state index < -0.39 is 0 Å². The van der Waals surface area contributed by atoms with Crippen LogP contribution in [0.1, 0.15) is 54.4 Å². The molecular formula is C19H26N2. The summed E-state index contributed by atoms with van der Waals surface area (Å²) in [5.74, 6) is 0. The molecule has 2 aromatic rings. The van der Waals surface area contributed by atoms with E-state index in [1.807, 2.05) is 0 Å². The molecule has 0 aliphatic heterocycles.